The highest BCUT2D eigenvalue weighted by Crippen LogP contribution is 2.21. The SMILES string of the molecule is COC(=O)c1ccccc1NS(=O)(=O)c1cccc(C)c1. The molecule has 0 aliphatic carbocycles. The number of anilines is 1. The number of carbonyl (C=O) groups is 1. The molecular formula is C15H15NO4S. The Labute approximate surface area is 123 Å². The first kappa shape index (κ1) is 15.1. The smallest absolute Gasteiger partial charge is 0.339 e. The van der Waals surface area contributed by atoms with Gasteiger partial charge in [0.25, 0.3) is 10.0 Å². The minimum absolute atomic E-state index is 0.141. The fraction of sp³-hybridized carbons (Fsp3) is 0.133. The highest BCUT2D eigenvalue weighted by atomic mass is 32.2. The lowest BCUT2D eigenvalue weighted by atomic mass is 10.2. The van der Waals surface area contributed by atoms with Crippen molar-refractivity contribution in [2.24, 2.45) is 0 Å². The second kappa shape index (κ2) is 5.97. The molecule has 0 aliphatic rings. The van der Waals surface area contributed by atoms with Crippen molar-refractivity contribution in [3.8, 4) is 0 Å². The van der Waals surface area contributed by atoms with E-state index in [1.165, 1.54) is 25.3 Å². The highest BCUT2D eigenvalue weighted by Gasteiger charge is 2.18. The third-order valence-electron chi connectivity index (χ3n) is 2.88. The fourth-order valence-corrected chi connectivity index (χ4v) is 3.03. The number of aryl methyl sites for hydroxylation is 1. The van der Waals surface area contributed by atoms with Gasteiger partial charge in [-0.15, -0.1) is 0 Å². The summed E-state index contributed by atoms with van der Waals surface area (Å²) < 4.78 is 31.8. The van der Waals surface area contributed by atoms with Crippen LogP contribution in [0, 0.1) is 6.92 Å². The van der Waals surface area contributed by atoms with Crippen LogP contribution in [0.4, 0.5) is 5.69 Å². The van der Waals surface area contributed by atoms with Crippen LogP contribution in [-0.4, -0.2) is 21.5 Å². The summed E-state index contributed by atoms with van der Waals surface area (Å²) in [6, 6.07) is 12.8. The maximum atomic E-state index is 12.4. The summed E-state index contributed by atoms with van der Waals surface area (Å²) in [6.07, 6.45) is 0. The summed E-state index contributed by atoms with van der Waals surface area (Å²) in [4.78, 5) is 11.8. The third kappa shape index (κ3) is 3.41. The Morgan fingerprint density at radius 2 is 1.81 bits per heavy atom. The number of rotatable bonds is 4. The number of nitrogens with one attached hydrogen (secondary N) is 1. The summed E-state index contributed by atoms with van der Waals surface area (Å²) in [5.74, 6) is -0.599. The summed E-state index contributed by atoms with van der Waals surface area (Å²) >= 11 is 0. The molecule has 0 unspecified atom stereocenters. The van der Waals surface area contributed by atoms with Crippen LogP contribution in [0.5, 0.6) is 0 Å². The van der Waals surface area contributed by atoms with E-state index >= 15 is 0 Å². The molecule has 0 radical (unpaired) electrons. The maximum Gasteiger partial charge on any atom is 0.339 e. The van der Waals surface area contributed by atoms with Crippen molar-refractivity contribution >= 4 is 21.7 Å². The van der Waals surface area contributed by atoms with Gasteiger partial charge >= 0.3 is 5.97 Å². The normalized spacial score (nSPS) is 11.0. The fourth-order valence-electron chi connectivity index (χ4n) is 1.85. The number of carbonyl (C=O) groups excluding carboxylic acids is 1. The number of methoxy groups -OCH3 is 1. The largest absolute Gasteiger partial charge is 0.465 e. The Morgan fingerprint density at radius 1 is 1.10 bits per heavy atom. The van der Waals surface area contributed by atoms with Crippen molar-refractivity contribution in [3.63, 3.8) is 0 Å². The van der Waals surface area contributed by atoms with Gasteiger partial charge in [-0.2, -0.15) is 0 Å². The molecule has 0 aromatic heterocycles. The van der Waals surface area contributed by atoms with E-state index in [0.717, 1.165) is 5.56 Å². The van der Waals surface area contributed by atoms with E-state index in [0.29, 0.717) is 0 Å². The van der Waals surface area contributed by atoms with Crippen molar-refractivity contribution in [1.29, 1.82) is 0 Å². The minimum Gasteiger partial charge on any atom is -0.465 e. The summed E-state index contributed by atoms with van der Waals surface area (Å²) in [7, 11) is -2.51. The lowest BCUT2D eigenvalue weighted by Crippen LogP contribution is -2.16. The number of para-hydroxylation sites is 1. The highest BCUT2D eigenvalue weighted by molar-refractivity contribution is 7.92. The number of esters is 1. The van der Waals surface area contributed by atoms with Crippen molar-refractivity contribution < 1.29 is 17.9 Å². The first-order valence-corrected chi connectivity index (χ1v) is 7.69. The van der Waals surface area contributed by atoms with Gasteiger partial charge in [0.05, 0.1) is 23.3 Å². The summed E-state index contributed by atoms with van der Waals surface area (Å²) in [5, 5.41) is 0. The molecule has 0 atom stereocenters. The number of sulfonamides is 1. The van der Waals surface area contributed by atoms with Gasteiger partial charge < -0.3 is 4.74 Å². The van der Waals surface area contributed by atoms with E-state index in [2.05, 4.69) is 9.46 Å². The zero-order chi connectivity index (χ0) is 15.5. The Bertz CT molecular complexity index is 769. The zero-order valence-electron chi connectivity index (χ0n) is 11.7. The van der Waals surface area contributed by atoms with E-state index in [1.54, 1.807) is 37.3 Å². The number of benzene rings is 2. The Kier molecular flexibility index (Phi) is 4.28. The van der Waals surface area contributed by atoms with Gasteiger partial charge in [0, 0.05) is 0 Å². The van der Waals surface area contributed by atoms with E-state index in [9.17, 15) is 13.2 Å². The first-order chi connectivity index (χ1) is 9.94. The molecule has 5 nitrogen and oxygen atoms in total. The standard InChI is InChI=1S/C15H15NO4S/c1-11-6-5-7-12(10-11)21(18,19)16-14-9-4-3-8-13(14)15(17)20-2/h3-10,16H,1-2H3. The molecule has 21 heavy (non-hydrogen) atoms. The molecule has 0 bridgehead atoms. The van der Waals surface area contributed by atoms with Gasteiger partial charge in [0.1, 0.15) is 0 Å². The first-order valence-electron chi connectivity index (χ1n) is 6.21. The number of ether oxygens (including phenoxy) is 1. The molecule has 6 heteroatoms. The second-order valence-electron chi connectivity index (χ2n) is 4.46. The van der Waals surface area contributed by atoms with Crippen molar-refractivity contribution in [3.05, 3.63) is 59.7 Å². The van der Waals surface area contributed by atoms with Crippen LogP contribution in [-0.2, 0) is 14.8 Å². The van der Waals surface area contributed by atoms with E-state index in [4.69, 9.17) is 0 Å². The van der Waals surface area contributed by atoms with Gasteiger partial charge in [-0.1, -0.05) is 24.3 Å². The Hall–Kier alpha value is -2.34. The van der Waals surface area contributed by atoms with Crippen molar-refractivity contribution in [1.82, 2.24) is 0 Å². The van der Waals surface area contributed by atoms with Gasteiger partial charge in [0.15, 0.2) is 0 Å². The zero-order valence-corrected chi connectivity index (χ0v) is 12.5. The lowest BCUT2D eigenvalue weighted by molar-refractivity contribution is 0.0602. The average Bonchev–Trinajstić information content (AvgIpc) is 2.46. The van der Waals surface area contributed by atoms with Gasteiger partial charge in [-0.05, 0) is 36.8 Å². The second-order valence-corrected chi connectivity index (χ2v) is 6.14. The molecule has 110 valence electrons. The molecule has 1 N–H and O–H groups in total. The van der Waals surface area contributed by atoms with E-state index < -0.39 is 16.0 Å². The van der Waals surface area contributed by atoms with Crippen LogP contribution >= 0.6 is 0 Å². The monoisotopic (exact) mass is 305 g/mol. The molecule has 0 saturated carbocycles. The molecule has 2 aromatic rings. The minimum atomic E-state index is -3.76. The van der Waals surface area contributed by atoms with Gasteiger partial charge in [0.2, 0.25) is 0 Å². The van der Waals surface area contributed by atoms with Gasteiger partial charge in [-0.3, -0.25) is 4.72 Å². The van der Waals surface area contributed by atoms with Crippen LogP contribution in [0.3, 0.4) is 0 Å². The molecular weight excluding hydrogens is 290 g/mol. The number of hydrogen-bond donors (Lipinski definition) is 1. The molecule has 2 rings (SSSR count). The topological polar surface area (TPSA) is 72.5 Å². The molecule has 0 heterocycles. The average molecular weight is 305 g/mol. The molecule has 0 spiro atoms. The van der Waals surface area contributed by atoms with Crippen LogP contribution in [0.1, 0.15) is 15.9 Å². The molecule has 2 aromatic carbocycles. The van der Waals surface area contributed by atoms with Crippen LogP contribution in [0.15, 0.2) is 53.4 Å². The van der Waals surface area contributed by atoms with E-state index in [-0.39, 0.29) is 16.1 Å². The van der Waals surface area contributed by atoms with Crippen LogP contribution < -0.4 is 4.72 Å². The quantitative estimate of drug-likeness (QED) is 0.881. The molecule has 0 fully saturated rings. The molecule has 0 amide bonds. The molecule has 0 aliphatic heterocycles. The van der Waals surface area contributed by atoms with Crippen LogP contribution in [0.2, 0.25) is 0 Å². The maximum absolute atomic E-state index is 12.4. The number of hydrogen-bond acceptors (Lipinski definition) is 4. The van der Waals surface area contributed by atoms with Gasteiger partial charge in [-0.25, -0.2) is 13.2 Å². The predicted octanol–water partition coefficient (Wildman–Crippen LogP) is 2.58. The van der Waals surface area contributed by atoms with Crippen LogP contribution in [0.25, 0.3) is 0 Å². The summed E-state index contributed by atoms with van der Waals surface area (Å²) in [5.41, 5.74) is 1.18. The van der Waals surface area contributed by atoms with E-state index in [1.807, 2.05) is 0 Å². The van der Waals surface area contributed by atoms with Crippen molar-refractivity contribution in [2.45, 2.75) is 11.8 Å². The van der Waals surface area contributed by atoms with Crippen molar-refractivity contribution in [2.75, 3.05) is 11.8 Å². The Balaban J connectivity index is 2.40. The lowest BCUT2D eigenvalue weighted by Gasteiger charge is -2.11. The third-order valence-corrected chi connectivity index (χ3v) is 4.24. The summed E-state index contributed by atoms with van der Waals surface area (Å²) in [6.45, 7) is 1.81. The molecule has 0 saturated heterocycles. The predicted molar refractivity (Wildman–Crippen MR) is 79.8 cm³/mol. The Morgan fingerprint density at radius 3 is 2.48 bits per heavy atom.